The van der Waals surface area contributed by atoms with Gasteiger partial charge in [0.15, 0.2) is 0 Å². The van der Waals surface area contributed by atoms with Crippen molar-refractivity contribution in [3.63, 3.8) is 0 Å². The van der Waals surface area contributed by atoms with Crippen molar-refractivity contribution in [2.75, 3.05) is 17.7 Å². The van der Waals surface area contributed by atoms with Gasteiger partial charge in [-0.2, -0.15) is 0 Å². The molecule has 0 heterocycles. The zero-order valence-corrected chi connectivity index (χ0v) is 81.5. The number of ether oxygens (including phenoxy) is 10. The van der Waals surface area contributed by atoms with Gasteiger partial charge in [0.05, 0.1) is 11.4 Å². The molecule has 1 aliphatic rings. The van der Waals surface area contributed by atoms with E-state index in [0.717, 1.165) is 22.3 Å². The number of carbonyl (C=O) groups is 14. The number of fused-ring (bicyclic) bond motifs is 3. The van der Waals surface area contributed by atoms with Crippen molar-refractivity contribution < 1.29 is 114 Å². The molecule has 3 aromatic carbocycles. The Morgan fingerprint density at radius 3 is 0.719 bits per heavy atom. The highest BCUT2D eigenvalue weighted by Crippen LogP contribution is 2.45. The molecular formula is C98H150N6O24. The van der Waals surface area contributed by atoms with Crippen LogP contribution in [-0.2, 0) is 105 Å². The predicted molar refractivity (Wildman–Crippen MR) is 486 cm³/mol. The Hall–Kier alpha value is -10.2. The third-order valence-electron chi connectivity index (χ3n) is 20.0. The van der Waals surface area contributed by atoms with Crippen LogP contribution in [0.4, 0.5) is 16.2 Å². The third-order valence-corrected chi connectivity index (χ3v) is 20.0. The van der Waals surface area contributed by atoms with Gasteiger partial charge in [0, 0.05) is 111 Å². The molecule has 0 aliphatic heterocycles. The van der Waals surface area contributed by atoms with E-state index < -0.39 is 195 Å². The van der Waals surface area contributed by atoms with Gasteiger partial charge in [0.2, 0.25) is 17.7 Å². The van der Waals surface area contributed by atoms with Gasteiger partial charge in [0.25, 0.3) is 5.91 Å². The lowest BCUT2D eigenvalue weighted by Crippen LogP contribution is -2.54. The van der Waals surface area contributed by atoms with Crippen LogP contribution in [0.25, 0.3) is 11.1 Å². The Balaban J connectivity index is 2.16. The predicted octanol–water partition coefficient (Wildman–Crippen LogP) is 17.1. The third kappa shape index (κ3) is 43.8. The fraction of sp³-hybridized carbons (Fsp3) is 0.673. The van der Waals surface area contributed by atoms with Crippen LogP contribution in [0.3, 0.4) is 0 Å². The van der Waals surface area contributed by atoms with E-state index in [-0.39, 0.29) is 145 Å². The summed E-state index contributed by atoms with van der Waals surface area (Å²) in [6.07, 6.45) is -9.46. The molecule has 0 aromatic heterocycles. The molecule has 5 amide bonds. The van der Waals surface area contributed by atoms with E-state index in [1.54, 1.807) is 187 Å². The zero-order valence-electron chi connectivity index (χ0n) is 81.5. The van der Waals surface area contributed by atoms with Gasteiger partial charge in [-0.15, -0.1) is 0 Å². The van der Waals surface area contributed by atoms with Gasteiger partial charge in [0.1, 0.15) is 57.0 Å². The van der Waals surface area contributed by atoms with Crippen molar-refractivity contribution in [1.29, 1.82) is 0 Å². The van der Waals surface area contributed by atoms with Gasteiger partial charge in [-0.25, -0.2) is 4.79 Å². The molecule has 0 atom stereocenters. The Labute approximate surface area is 758 Å². The molecule has 0 bridgehead atoms. The number of nitrogen functional groups attached to an aromatic ring is 1. The fourth-order valence-corrected chi connectivity index (χ4v) is 14.9. The van der Waals surface area contributed by atoms with Crippen LogP contribution in [-0.4, -0.2) is 163 Å². The first kappa shape index (κ1) is 110. The van der Waals surface area contributed by atoms with E-state index in [0.29, 0.717) is 0 Å². The summed E-state index contributed by atoms with van der Waals surface area (Å²) in [5.74, 6) is -9.83. The minimum atomic E-state index is -1.99. The minimum absolute atomic E-state index is 0.0122. The van der Waals surface area contributed by atoms with E-state index in [9.17, 15) is 47.9 Å². The van der Waals surface area contributed by atoms with E-state index >= 15 is 19.2 Å². The quantitative estimate of drug-likeness (QED) is 0.0174. The maximum Gasteiger partial charge on any atom is 0.411 e. The average Bonchev–Trinajstić information content (AvgIpc) is 1.61. The summed E-state index contributed by atoms with van der Waals surface area (Å²) < 4.78 is 57.9. The number of benzene rings is 3. The summed E-state index contributed by atoms with van der Waals surface area (Å²) in [6, 6.07) is 19.5. The highest BCUT2D eigenvalue weighted by molar-refractivity contribution is 5.99. The molecule has 4 rings (SSSR count). The maximum atomic E-state index is 16.0. The van der Waals surface area contributed by atoms with Gasteiger partial charge in [-0.3, -0.25) is 67.6 Å². The number of rotatable bonds is 44. The molecule has 0 spiro atoms. The number of nitrogens with one attached hydrogen (secondary N) is 5. The highest BCUT2D eigenvalue weighted by Gasteiger charge is 2.44. The van der Waals surface area contributed by atoms with Crippen LogP contribution in [0.1, 0.15) is 368 Å². The molecule has 0 unspecified atom stereocenters. The summed E-state index contributed by atoms with van der Waals surface area (Å²) in [6.45, 7) is 45.0. The van der Waals surface area contributed by atoms with Crippen molar-refractivity contribution in [3.8, 4) is 11.1 Å². The van der Waals surface area contributed by atoms with Crippen molar-refractivity contribution >= 4 is 94.8 Å². The first-order valence-electron chi connectivity index (χ1n) is 44.7. The van der Waals surface area contributed by atoms with E-state index in [4.69, 9.17) is 53.1 Å². The minimum Gasteiger partial charge on any atom is -0.460 e. The average molecular weight is 1800 g/mol. The molecule has 7 N–H and O–H groups in total. The number of amides is 5. The lowest BCUT2D eigenvalue weighted by molar-refractivity contribution is -0.158. The topological polar surface area (TPSA) is 417 Å². The van der Waals surface area contributed by atoms with Crippen LogP contribution in [0, 0.1) is 0 Å². The summed E-state index contributed by atoms with van der Waals surface area (Å²) in [4.78, 5) is 203. The fourth-order valence-electron chi connectivity index (χ4n) is 14.9. The first-order valence-corrected chi connectivity index (χ1v) is 44.7. The van der Waals surface area contributed by atoms with Gasteiger partial charge >= 0.3 is 59.8 Å². The number of hydrogen-bond acceptors (Lipinski definition) is 25. The smallest absolute Gasteiger partial charge is 0.411 e. The Morgan fingerprint density at radius 1 is 0.281 bits per heavy atom. The van der Waals surface area contributed by atoms with Crippen molar-refractivity contribution in [1.82, 2.24) is 21.3 Å². The standard InChI is InChI=1S/C98H150N6O24/c1-86(2,3)120-75(108)41-53-95(54-42-76(109)121-87(4,5)6,55-43-77(110)122-88(7,8)9)101-72(105)38-50-98(104-84(117)64-36-37-70(99)71(62-64)100-85(118)119-63-69-67-34-30-28-32-65(67)66-33-29-31-35-68(66)69,51-39-73(106)102-96(56-44-78(111)123-89(10,11)12,57-45-79(112)124-90(13,14)15)58-46-80(113)125-91(16,17)18)52-40-74(107)103-97(59-47-81(114)126-92(19,20)21,60-48-82(115)127-93(22,23)24)61-49-83(116)128-94(25,26)27/h28-37,62,69H,38-61,63,99H2,1-27H3,(H,100,118)(H,101,105)(H,102,106)(H,103,107)(H,104,117). The van der Waals surface area contributed by atoms with Gasteiger partial charge in [-0.05, 0) is 304 Å². The number of anilines is 2. The van der Waals surface area contributed by atoms with Crippen LogP contribution in [0.2, 0.25) is 0 Å². The first-order chi connectivity index (χ1) is 58.4. The SMILES string of the molecule is CC(C)(C)OC(=O)CCC(CCC(=O)OC(C)(C)C)(CCC(=O)OC(C)(C)C)NC(=O)CCC(CCC(=O)NC(CCC(=O)OC(C)(C)C)(CCC(=O)OC(C)(C)C)CCC(=O)OC(C)(C)C)(CCC(=O)NC(CCC(=O)OC(C)(C)C)(CCC(=O)OC(C)(C)C)CCC(=O)OC(C)(C)C)NC(=O)c1ccc(N)c(NC(=O)OCC2c3ccccc3-c3ccccc32)c1. The lowest BCUT2D eigenvalue weighted by Gasteiger charge is -2.39. The number of nitrogens with two attached hydrogens (primary N) is 1. The number of esters is 9. The van der Waals surface area contributed by atoms with Crippen molar-refractivity contribution in [3.05, 3.63) is 83.4 Å². The van der Waals surface area contributed by atoms with E-state index in [1.165, 1.54) is 18.2 Å². The number of carbonyl (C=O) groups excluding carboxylic acids is 14. The van der Waals surface area contributed by atoms with E-state index in [2.05, 4.69) is 26.6 Å². The summed E-state index contributed by atoms with van der Waals surface area (Å²) in [7, 11) is 0. The second kappa shape index (κ2) is 45.9. The molecule has 1 aliphatic carbocycles. The van der Waals surface area contributed by atoms with Crippen LogP contribution in [0.5, 0.6) is 0 Å². The molecule has 3 aromatic rings. The number of hydrogen-bond donors (Lipinski definition) is 6. The monoisotopic (exact) mass is 1800 g/mol. The lowest BCUT2D eigenvalue weighted by atomic mass is 9.80. The Kier molecular flexibility index (Phi) is 39.5. The van der Waals surface area contributed by atoms with Crippen LogP contribution in [0.15, 0.2) is 66.7 Å². The summed E-state index contributed by atoms with van der Waals surface area (Å²) >= 11 is 0. The summed E-state index contributed by atoms with van der Waals surface area (Å²) in [5, 5.41) is 15.1. The van der Waals surface area contributed by atoms with Crippen LogP contribution >= 0.6 is 0 Å². The molecule has 0 saturated carbocycles. The van der Waals surface area contributed by atoms with Crippen LogP contribution < -0.4 is 32.3 Å². The Morgan fingerprint density at radius 2 is 0.492 bits per heavy atom. The maximum absolute atomic E-state index is 16.0. The van der Waals surface area contributed by atoms with Gasteiger partial charge < -0.3 is 74.4 Å². The molecule has 0 radical (unpaired) electrons. The molecule has 128 heavy (non-hydrogen) atoms. The van der Waals surface area contributed by atoms with Crippen molar-refractivity contribution in [2.24, 2.45) is 0 Å². The largest absolute Gasteiger partial charge is 0.460 e. The summed E-state index contributed by atoms with van der Waals surface area (Å²) in [5.41, 5.74) is -5.48. The van der Waals surface area contributed by atoms with Gasteiger partial charge in [-0.1, -0.05) is 48.5 Å². The molecule has 30 nitrogen and oxygen atoms in total. The Bertz CT molecular complexity index is 3770. The molecular weight excluding hydrogens is 1650 g/mol. The molecule has 716 valence electrons. The second-order valence-corrected chi connectivity index (χ2v) is 42.8. The molecule has 0 fully saturated rings. The normalized spacial score (nSPS) is 13.1. The van der Waals surface area contributed by atoms with Crippen molar-refractivity contribution in [2.45, 2.75) is 420 Å². The molecule has 0 saturated heterocycles. The molecule has 30 heteroatoms. The second-order valence-electron chi connectivity index (χ2n) is 42.8. The van der Waals surface area contributed by atoms with E-state index in [1.807, 2.05) is 48.5 Å². The zero-order chi connectivity index (χ0) is 97.3. The highest BCUT2D eigenvalue weighted by atomic mass is 16.6.